The van der Waals surface area contributed by atoms with E-state index in [1.165, 1.54) is 7.05 Å². The Balaban J connectivity index is 1.88. The molecule has 1 atom stereocenters. The third-order valence-electron chi connectivity index (χ3n) is 3.98. The van der Waals surface area contributed by atoms with E-state index in [0.29, 0.717) is 5.56 Å². The van der Waals surface area contributed by atoms with Crippen LogP contribution in [0.15, 0.2) is 60.7 Å². The molecule has 2 amide bonds. The van der Waals surface area contributed by atoms with Crippen molar-refractivity contribution in [3.8, 4) is 0 Å². The van der Waals surface area contributed by atoms with Crippen molar-refractivity contribution in [1.29, 1.82) is 0 Å². The summed E-state index contributed by atoms with van der Waals surface area (Å²) in [5.41, 5.74) is 1.09. The van der Waals surface area contributed by atoms with Crippen molar-refractivity contribution < 1.29 is 33.9 Å². The molecule has 0 radical (unpaired) electrons. The average molecular weight is 414 g/mol. The number of carboxylic acids is 1. The zero-order valence-corrected chi connectivity index (χ0v) is 16.3. The fourth-order valence-corrected chi connectivity index (χ4v) is 2.41. The van der Waals surface area contributed by atoms with Crippen LogP contribution < -0.4 is 5.32 Å². The molecule has 0 saturated carbocycles. The van der Waals surface area contributed by atoms with Crippen LogP contribution in [0.2, 0.25) is 0 Å². The van der Waals surface area contributed by atoms with E-state index in [9.17, 15) is 19.2 Å². The highest BCUT2D eigenvalue weighted by Crippen LogP contribution is 2.05. The van der Waals surface area contributed by atoms with Crippen LogP contribution in [0.5, 0.6) is 0 Å². The van der Waals surface area contributed by atoms with Crippen LogP contribution in [0.4, 0.5) is 4.79 Å². The van der Waals surface area contributed by atoms with Crippen molar-refractivity contribution in [2.45, 2.75) is 19.1 Å². The van der Waals surface area contributed by atoms with Crippen LogP contribution in [0.25, 0.3) is 0 Å². The van der Waals surface area contributed by atoms with E-state index in [4.69, 9.17) is 14.7 Å². The van der Waals surface area contributed by atoms with Gasteiger partial charge < -0.3 is 15.2 Å². The minimum atomic E-state index is -1.37. The Morgan fingerprint density at radius 1 is 1.00 bits per heavy atom. The van der Waals surface area contributed by atoms with Crippen LogP contribution in [0.1, 0.15) is 22.3 Å². The summed E-state index contributed by atoms with van der Waals surface area (Å²) < 4.78 is 5.01. The first-order chi connectivity index (χ1) is 14.4. The summed E-state index contributed by atoms with van der Waals surface area (Å²) >= 11 is 0. The number of hydroxylamine groups is 2. The van der Waals surface area contributed by atoms with Gasteiger partial charge >= 0.3 is 12.1 Å². The van der Waals surface area contributed by atoms with Crippen molar-refractivity contribution >= 4 is 23.8 Å². The van der Waals surface area contributed by atoms with E-state index in [0.717, 1.165) is 10.6 Å². The largest absolute Gasteiger partial charge is 0.481 e. The number of carbonyl (C=O) groups excluding carboxylic acids is 3. The molecular formula is C21H22N2O7. The van der Waals surface area contributed by atoms with Crippen LogP contribution >= 0.6 is 0 Å². The Labute approximate surface area is 173 Å². The maximum Gasteiger partial charge on any atom is 0.408 e. The molecule has 0 fully saturated rings. The average Bonchev–Trinajstić information content (AvgIpc) is 2.75. The smallest absolute Gasteiger partial charge is 0.408 e. The zero-order valence-electron chi connectivity index (χ0n) is 16.3. The van der Waals surface area contributed by atoms with Gasteiger partial charge in [0.05, 0.1) is 6.42 Å². The third-order valence-corrected chi connectivity index (χ3v) is 3.98. The maximum absolute atomic E-state index is 12.4. The number of ketones is 1. The molecule has 0 aliphatic rings. The molecule has 9 heteroatoms. The van der Waals surface area contributed by atoms with Gasteiger partial charge in [-0.25, -0.2) is 9.86 Å². The van der Waals surface area contributed by atoms with Gasteiger partial charge in [-0.3, -0.25) is 19.2 Å². The predicted molar refractivity (Wildman–Crippen MR) is 105 cm³/mol. The molecule has 2 rings (SSSR count). The lowest BCUT2D eigenvalue weighted by Crippen LogP contribution is -2.45. The van der Waals surface area contributed by atoms with E-state index in [1.54, 1.807) is 54.6 Å². The number of ether oxygens (including phenoxy) is 1. The number of amides is 2. The fraction of sp³-hybridized carbons (Fsp3) is 0.238. The first kappa shape index (κ1) is 22.6. The molecular weight excluding hydrogens is 392 g/mol. The van der Waals surface area contributed by atoms with Gasteiger partial charge in [0.25, 0.3) is 5.91 Å². The molecule has 0 aromatic heterocycles. The van der Waals surface area contributed by atoms with Crippen molar-refractivity contribution in [2.24, 2.45) is 0 Å². The third kappa shape index (κ3) is 7.36. The first-order valence-electron chi connectivity index (χ1n) is 9.04. The summed E-state index contributed by atoms with van der Waals surface area (Å²) in [6.45, 7) is -0.641. The zero-order chi connectivity index (χ0) is 21.9. The number of Topliss-reactive ketones (excluding diaryl/α,β-unsaturated/α-hetero) is 1. The van der Waals surface area contributed by atoms with E-state index in [-0.39, 0.29) is 6.61 Å². The molecule has 9 nitrogen and oxygen atoms in total. The monoisotopic (exact) mass is 414 g/mol. The lowest BCUT2D eigenvalue weighted by Gasteiger charge is -2.19. The van der Waals surface area contributed by atoms with Gasteiger partial charge in [-0.05, 0) is 17.7 Å². The van der Waals surface area contributed by atoms with Gasteiger partial charge in [0, 0.05) is 12.6 Å². The number of carboxylic acid groups (broad SMARTS) is 1. The van der Waals surface area contributed by atoms with Gasteiger partial charge in [-0.1, -0.05) is 48.5 Å². The summed E-state index contributed by atoms with van der Waals surface area (Å²) in [6, 6.07) is 15.8. The molecule has 0 saturated heterocycles. The quantitative estimate of drug-likeness (QED) is 0.570. The molecule has 0 bridgehead atoms. The molecule has 30 heavy (non-hydrogen) atoms. The van der Waals surface area contributed by atoms with Gasteiger partial charge in [0.15, 0.2) is 5.78 Å². The van der Waals surface area contributed by atoms with Crippen molar-refractivity contribution in [2.75, 3.05) is 13.7 Å². The fourth-order valence-electron chi connectivity index (χ4n) is 2.41. The molecule has 0 aliphatic carbocycles. The molecule has 158 valence electrons. The normalized spacial score (nSPS) is 11.2. The number of benzene rings is 2. The SMILES string of the molecule is CN(OCC(=O)C(CC(=O)O)NC(=O)OCc1ccccc1)C(=O)c1ccccc1. The van der Waals surface area contributed by atoms with E-state index >= 15 is 0 Å². The van der Waals surface area contributed by atoms with Gasteiger partial charge in [0.2, 0.25) is 0 Å². The van der Waals surface area contributed by atoms with Gasteiger partial charge in [-0.2, -0.15) is 0 Å². The van der Waals surface area contributed by atoms with Crippen LogP contribution in [0, 0.1) is 0 Å². The molecule has 0 aliphatic heterocycles. The van der Waals surface area contributed by atoms with Crippen molar-refractivity contribution in [3.05, 3.63) is 71.8 Å². The number of hydrogen-bond acceptors (Lipinski definition) is 6. The number of carbonyl (C=O) groups is 4. The molecule has 0 heterocycles. The second kappa shape index (κ2) is 11.3. The van der Waals surface area contributed by atoms with E-state index in [2.05, 4.69) is 5.32 Å². The van der Waals surface area contributed by atoms with Crippen LogP contribution in [0.3, 0.4) is 0 Å². The van der Waals surface area contributed by atoms with Crippen molar-refractivity contribution in [1.82, 2.24) is 10.4 Å². The Morgan fingerprint density at radius 3 is 2.20 bits per heavy atom. The lowest BCUT2D eigenvalue weighted by atomic mass is 10.1. The summed E-state index contributed by atoms with van der Waals surface area (Å²) in [7, 11) is 1.33. The van der Waals surface area contributed by atoms with E-state index in [1.807, 2.05) is 6.07 Å². The van der Waals surface area contributed by atoms with Gasteiger partial charge in [-0.15, -0.1) is 0 Å². The summed E-state index contributed by atoms with van der Waals surface area (Å²) in [5, 5.41) is 12.1. The second-order valence-corrected chi connectivity index (χ2v) is 6.26. The molecule has 0 spiro atoms. The number of nitrogens with zero attached hydrogens (tertiary/aromatic N) is 1. The molecule has 1 unspecified atom stereocenters. The minimum absolute atomic E-state index is 0.0362. The maximum atomic E-state index is 12.4. The number of aliphatic carboxylic acids is 1. The molecule has 2 aromatic carbocycles. The number of hydrogen-bond donors (Lipinski definition) is 2. The molecule has 2 N–H and O–H groups in total. The first-order valence-corrected chi connectivity index (χ1v) is 9.04. The highest BCUT2D eigenvalue weighted by atomic mass is 16.7. The van der Waals surface area contributed by atoms with E-state index < -0.39 is 42.8 Å². The van der Waals surface area contributed by atoms with Crippen LogP contribution in [-0.2, 0) is 25.8 Å². The minimum Gasteiger partial charge on any atom is -0.481 e. The Hall–Kier alpha value is -3.72. The number of rotatable bonds is 10. The summed E-state index contributed by atoms with van der Waals surface area (Å²) in [5.74, 6) is -2.49. The Morgan fingerprint density at radius 2 is 1.60 bits per heavy atom. The lowest BCUT2D eigenvalue weighted by molar-refractivity contribution is -0.148. The summed E-state index contributed by atoms with van der Waals surface area (Å²) in [4.78, 5) is 52.7. The second-order valence-electron chi connectivity index (χ2n) is 6.26. The topological polar surface area (TPSA) is 122 Å². The molecule has 2 aromatic rings. The number of alkyl carbamates (subject to hydrolysis) is 1. The standard InChI is InChI=1S/C21H22N2O7/c1-23(20(27)16-10-6-3-7-11-16)30-14-18(24)17(12-19(25)26)22-21(28)29-13-15-8-4-2-5-9-15/h2-11,17H,12-14H2,1H3,(H,22,28)(H,25,26). The number of nitrogens with one attached hydrogen (secondary N) is 1. The Kier molecular flexibility index (Phi) is 8.52. The van der Waals surface area contributed by atoms with Crippen LogP contribution in [-0.4, -0.2) is 53.6 Å². The Bertz CT molecular complexity index is 871. The summed E-state index contributed by atoms with van der Waals surface area (Å²) in [6.07, 6.45) is -1.59. The van der Waals surface area contributed by atoms with Gasteiger partial charge in [0.1, 0.15) is 19.3 Å². The predicted octanol–water partition coefficient (Wildman–Crippen LogP) is 2.03. The highest BCUT2D eigenvalue weighted by molar-refractivity contribution is 5.94. The highest BCUT2D eigenvalue weighted by Gasteiger charge is 2.25. The van der Waals surface area contributed by atoms with Crippen molar-refractivity contribution in [3.63, 3.8) is 0 Å².